The Morgan fingerprint density at radius 3 is 2.95 bits per heavy atom. The highest BCUT2D eigenvalue weighted by atomic mass is 79.9. The van der Waals surface area contributed by atoms with E-state index in [0.29, 0.717) is 33.3 Å². The first-order chi connectivity index (χ1) is 9.51. The van der Waals surface area contributed by atoms with Crippen LogP contribution in [0.25, 0.3) is 0 Å². The lowest BCUT2D eigenvalue weighted by Gasteiger charge is -2.04. The maximum Gasteiger partial charge on any atom is 0.341 e. The molecule has 0 saturated carbocycles. The van der Waals surface area contributed by atoms with E-state index >= 15 is 0 Å². The number of hydrogen-bond donors (Lipinski definition) is 1. The zero-order valence-electron chi connectivity index (χ0n) is 10.9. The minimum Gasteiger partial charge on any atom is -0.465 e. The van der Waals surface area contributed by atoms with Gasteiger partial charge in [-0.15, -0.1) is 0 Å². The van der Waals surface area contributed by atoms with Gasteiger partial charge in [-0.3, -0.25) is 0 Å². The summed E-state index contributed by atoms with van der Waals surface area (Å²) >= 11 is 9.11. The third kappa shape index (κ3) is 3.32. The minimum absolute atomic E-state index is 0.400. The second kappa shape index (κ2) is 6.28. The molecule has 0 aromatic carbocycles. The van der Waals surface area contributed by atoms with Crippen LogP contribution in [0, 0.1) is 6.92 Å². The fraction of sp³-hybridized carbons (Fsp3) is 0.231. The first kappa shape index (κ1) is 14.9. The number of methoxy groups -OCH3 is 1. The van der Waals surface area contributed by atoms with Crippen LogP contribution >= 0.6 is 27.5 Å². The third-order valence-corrected chi connectivity index (χ3v) is 3.77. The monoisotopic (exact) mass is 358 g/mol. The summed E-state index contributed by atoms with van der Waals surface area (Å²) in [4.78, 5) is 15.5. The maximum absolute atomic E-state index is 11.5. The zero-order chi connectivity index (χ0) is 14.7. The lowest BCUT2D eigenvalue weighted by molar-refractivity contribution is 0.0599. The Kier molecular flexibility index (Phi) is 4.67. The van der Waals surface area contributed by atoms with Crippen LogP contribution in [0.4, 0.5) is 5.69 Å². The van der Waals surface area contributed by atoms with Crippen LogP contribution in [0.15, 0.2) is 27.2 Å². The summed E-state index contributed by atoms with van der Waals surface area (Å²) in [7, 11) is 1.34. The van der Waals surface area contributed by atoms with Crippen molar-refractivity contribution in [3.63, 3.8) is 0 Å². The summed E-state index contributed by atoms with van der Waals surface area (Å²) in [5.74, 6) is 0.756. The maximum atomic E-state index is 11.5. The molecule has 20 heavy (non-hydrogen) atoms. The average Bonchev–Trinajstić information content (AvgIpc) is 2.80. The fourth-order valence-electron chi connectivity index (χ4n) is 1.65. The molecule has 0 bridgehead atoms. The third-order valence-electron chi connectivity index (χ3n) is 2.64. The van der Waals surface area contributed by atoms with E-state index in [2.05, 4.69) is 31.0 Å². The molecule has 106 valence electrons. The molecule has 5 nitrogen and oxygen atoms in total. The van der Waals surface area contributed by atoms with Gasteiger partial charge in [0.2, 0.25) is 0 Å². The van der Waals surface area contributed by atoms with E-state index in [4.69, 9.17) is 16.0 Å². The fourth-order valence-corrected chi connectivity index (χ4v) is 2.10. The number of aromatic nitrogens is 1. The molecule has 2 heterocycles. The molecule has 0 unspecified atom stereocenters. The Labute approximate surface area is 129 Å². The van der Waals surface area contributed by atoms with Crippen molar-refractivity contribution < 1.29 is 13.9 Å². The van der Waals surface area contributed by atoms with Gasteiger partial charge in [0.15, 0.2) is 0 Å². The molecule has 0 atom stereocenters. The van der Waals surface area contributed by atoms with E-state index in [1.165, 1.54) is 7.11 Å². The van der Waals surface area contributed by atoms with Crippen molar-refractivity contribution in [3.05, 3.63) is 45.0 Å². The smallest absolute Gasteiger partial charge is 0.341 e. The van der Waals surface area contributed by atoms with E-state index < -0.39 is 5.97 Å². The first-order valence-corrected chi connectivity index (χ1v) is 6.91. The van der Waals surface area contributed by atoms with Crippen LogP contribution < -0.4 is 5.32 Å². The summed E-state index contributed by atoms with van der Waals surface area (Å²) < 4.78 is 10.9. The normalized spacial score (nSPS) is 10.4. The van der Waals surface area contributed by atoms with Crippen molar-refractivity contribution in [2.45, 2.75) is 13.5 Å². The average molecular weight is 360 g/mol. The molecule has 0 spiro atoms. The van der Waals surface area contributed by atoms with E-state index in [9.17, 15) is 4.79 Å². The number of rotatable bonds is 4. The van der Waals surface area contributed by atoms with Crippen molar-refractivity contribution in [1.82, 2.24) is 4.98 Å². The molecule has 2 aromatic rings. The van der Waals surface area contributed by atoms with Crippen LogP contribution in [-0.4, -0.2) is 18.1 Å². The molecule has 0 aliphatic heterocycles. The van der Waals surface area contributed by atoms with Gasteiger partial charge < -0.3 is 14.5 Å². The van der Waals surface area contributed by atoms with Gasteiger partial charge in [-0.25, -0.2) is 9.78 Å². The number of ether oxygens (including phenoxy) is 1. The number of hydrogen-bond acceptors (Lipinski definition) is 5. The molecule has 0 amide bonds. The number of anilines is 1. The number of halogens is 2. The Balaban J connectivity index is 2.07. The van der Waals surface area contributed by atoms with Gasteiger partial charge in [0.05, 0.1) is 30.0 Å². The zero-order valence-corrected chi connectivity index (χ0v) is 13.2. The van der Waals surface area contributed by atoms with Crippen LogP contribution in [-0.2, 0) is 11.3 Å². The molecule has 0 radical (unpaired) electrons. The number of pyridine rings is 1. The number of carbonyl (C=O) groups is 1. The summed E-state index contributed by atoms with van der Waals surface area (Å²) in [5, 5.41) is 3.53. The number of furan rings is 1. The molecular formula is C13H12BrClN2O3. The summed E-state index contributed by atoms with van der Waals surface area (Å²) in [6.45, 7) is 2.14. The van der Waals surface area contributed by atoms with Crippen molar-refractivity contribution >= 4 is 39.2 Å². The molecule has 7 heteroatoms. The van der Waals surface area contributed by atoms with Gasteiger partial charge in [-0.1, -0.05) is 11.6 Å². The van der Waals surface area contributed by atoms with Gasteiger partial charge in [0, 0.05) is 0 Å². The van der Waals surface area contributed by atoms with Crippen molar-refractivity contribution in [1.29, 1.82) is 0 Å². The molecule has 0 aliphatic carbocycles. The SMILES string of the molecule is COC(=O)c1cc(CNc2cnc(Cl)c(Br)c2)oc1C. The Morgan fingerprint density at radius 2 is 2.30 bits per heavy atom. The van der Waals surface area contributed by atoms with Crippen molar-refractivity contribution in [2.75, 3.05) is 12.4 Å². The van der Waals surface area contributed by atoms with Crippen molar-refractivity contribution in [2.24, 2.45) is 0 Å². The standard InChI is InChI=1S/C13H12BrClN2O3/c1-7-10(13(18)19-2)4-9(20-7)6-16-8-3-11(14)12(15)17-5-8/h3-5,16H,6H2,1-2H3. The number of nitrogens with zero attached hydrogens (tertiary/aromatic N) is 1. The minimum atomic E-state index is -0.409. The summed E-state index contributed by atoms with van der Waals surface area (Å²) in [6, 6.07) is 3.47. The number of carbonyl (C=O) groups excluding carboxylic acids is 1. The van der Waals surface area contributed by atoms with Crippen LogP contribution in [0.5, 0.6) is 0 Å². The van der Waals surface area contributed by atoms with Gasteiger partial charge in [-0.2, -0.15) is 0 Å². The quantitative estimate of drug-likeness (QED) is 0.664. The molecule has 0 fully saturated rings. The summed E-state index contributed by atoms with van der Waals surface area (Å²) in [5.41, 5.74) is 1.22. The van der Waals surface area contributed by atoms with Gasteiger partial charge in [-0.05, 0) is 35.0 Å². The van der Waals surface area contributed by atoms with E-state index in [-0.39, 0.29) is 0 Å². The Hall–Kier alpha value is -1.53. The lowest BCUT2D eigenvalue weighted by Crippen LogP contribution is -2.01. The second-order valence-corrected chi connectivity index (χ2v) is 5.24. The number of esters is 1. The number of nitrogens with one attached hydrogen (secondary N) is 1. The molecule has 2 aromatic heterocycles. The largest absolute Gasteiger partial charge is 0.465 e. The van der Waals surface area contributed by atoms with E-state index in [1.54, 1.807) is 19.2 Å². The number of aryl methyl sites for hydroxylation is 1. The lowest BCUT2D eigenvalue weighted by atomic mass is 10.2. The van der Waals surface area contributed by atoms with Crippen LogP contribution in [0.2, 0.25) is 5.15 Å². The van der Waals surface area contributed by atoms with Crippen LogP contribution in [0.3, 0.4) is 0 Å². The first-order valence-electron chi connectivity index (χ1n) is 5.73. The van der Waals surface area contributed by atoms with Crippen LogP contribution in [0.1, 0.15) is 21.9 Å². The molecule has 2 rings (SSSR count). The van der Waals surface area contributed by atoms with Crippen molar-refractivity contribution in [3.8, 4) is 0 Å². The second-order valence-electron chi connectivity index (χ2n) is 4.02. The Bertz CT molecular complexity index is 643. The molecule has 0 saturated heterocycles. The molecule has 1 N–H and O–H groups in total. The highest BCUT2D eigenvalue weighted by Gasteiger charge is 2.15. The molecular weight excluding hydrogens is 348 g/mol. The molecule has 0 aliphatic rings. The highest BCUT2D eigenvalue weighted by Crippen LogP contribution is 2.23. The topological polar surface area (TPSA) is 64.4 Å². The summed E-state index contributed by atoms with van der Waals surface area (Å²) in [6.07, 6.45) is 1.62. The van der Waals surface area contributed by atoms with E-state index in [0.717, 1.165) is 5.69 Å². The highest BCUT2D eigenvalue weighted by molar-refractivity contribution is 9.10. The predicted molar refractivity (Wildman–Crippen MR) is 79.1 cm³/mol. The Morgan fingerprint density at radius 1 is 1.55 bits per heavy atom. The van der Waals surface area contributed by atoms with E-state index in [1.807, 2.05) is 6.07 Å². The van der Waals surface area contributed by atoms with Gasteiger partial charge >= 0.3 is 5.97 Å². The van der Waals surface area contributed by atoms with Gasteiger partial charge in [0.1, 0.15) is 22.2 Å². The predicted octanol–water partition coefficient (Wildman–Crippen LogP) is 3.80. The van der Waals surface area contributed by atoms with Gasteiger partial charge in [0.25, 0.3) is 0 Å².